The van der Waals surface area contributed by atoms with Gasteiger partial charge in [-0.15, -0.1) is 0 Å². The van der Waals surface area contributed by atoms with E-state index in [2.05, 4.69) is 0 Å². The smallest absolute Gasteiger partial charge is 0.294 e. The molecule has 3 nitrogen and oxygen atoms in total. The molecule has 0 saturated carbocycles. The standard InChI is InChI=1S/C22H26O3P/c1-5-17-11-8-12-18(6-2)21(17)19(23)13-14-26(25)22(24)20-15(3)9-7-10-16(20)4/h7-12H,5-6,13-14H2,1-4H3/q+1. The van der Waals surface area contributed by atoms with Crippen molar-refractivity contribution in [1.29, 1.82) is 0 Å². The third-order valence-corrected chi connectivity index (χ3v) is 6.05. The fourth-order valence-corrected chi connectivity index (χ4v) is 4.52. The van der Waals surface area contributed by atoms with Gasteiger partial charge in [0.2, 0.25) is 0 Å². The highest BCUT2D eigenvalue weighted by Crippen LogP contribution is 2.32. The molecular formula is C22H26O3P+. The van der Waals surface area contributed by atoms with Crippen LogP contribution < -0.4 is 0 Å². The topological polar surface area (TPSA) is 51.2 Å². The molecule has 1 atom stereocenters. The predicted molar refractivity (Wildman–Crippen MR) is 107 cm³/mol. The zero-order valence-corrected chi connectivity index (χ0v) is 16.9. The number of ketones is 1. The molecular weight excluding hydrogens is 343 g/mol. The van der Waals surface area contributed by atoms with Crippen molar-refractivity contribution in [2.24, 2.45) is 0 Å². The molecule has 0 N–H and O–H groups in total. The van der Waals surface area contributed by atoms with Gasteiger partial charge in [-0.25, -0.2) is 4.79 Å². The summed E-state index contributed by atoms with van der Waals surface area (Å²) in [5, 5.41) is 0. The lowest BCUT2D eigenvalue weighted by molar-refractivity contribution is 0.0987. The van der Waals surface area contributed by atoms with Crippen LogP contribution in [0, 0.1) is 13.8 Å². The summed E-state index contributed by atoms with van der Waals surface area (Å²) in [7, 11) is -2.11. The maximum atomic E-state index is 12.8. The molecule has 26 heavy (non-hydrogen) atoms. The van der Waals surface area contributed by atoms with Gasteiger partial charge in [0.1, 0.15) is 0 Å². The first-order valence-corrected chi connectivity index (χ1v) is 10.5. The van der Waals surface area contributed by atoms with Crippen molar-refractivity contribution in [3.05, 3.63) is 69.8 Å². The lowest BCUT2D eigenvalue weighted by atomic mass is 9.93. The number of benzene rings is 2. The Labute approximate surface area is 156 Å². The van der Waals surface area contributed by atoms with Crippen molar-refractivity contribution in [3.63, 3.8) is 0 Å². The summed E-state index contributed by atoms with van der Waals surface area (Å²) in [6.45, 7) is 7.74. The van der Waals surface area contributed by atoms with Crippen molar-refractivity contribution >= 4 is 19.1 Å². The van der Waals surface area contributed by atoms with E-state index in [1.807, 2.05) is 64.1 Å². The number of Topliss-reactive ketones (excluding diaryl/α,β-unsaturated/α-hetero) is 1. The minimum Gasteiger partial charge on any atom is -0.294 e. The highest BCUT2D eigenvalue weighted by atomic mass is 31.1. The maximum Gasteiger partial charge on any atom is 0.420 e. The van der Waals surface area contributed by atoms with Crippen LogP contribution in [0.4, 0.5) is 0 Å². The minimum absolute atomic E-state index is 0.0167. The SMILES string of the molecule is CCc1cccc(CC)c1C(=O)CC[P+](=O)C(=O)c1c(C)cccc1C. The quantitative estimate of drug-likeness (QED) is 0.445. The van der Waals surface area contributed by atoms with Crippen LogP contribution >= 0.6 is 7.80 Å². The summed E-state index contributed by atoms with van der Waals surface area (Å²) in [5.41, 5.74) is 4.63. The number of hydrogen-bond acceptors (Lipinski definition) is 3. The molecule has 136 valence electrons. The Kier molecular flexibility index (Phi) is 6.99. The Bertz CT molecular complexity index is 810. The van der Waals surface area contributed by atoms with Gasteiger partial charge < -0.3 is 0 Å². The highest BCUT2D eigenvalue weighted by Gasteiger charge is 2.33. The maximum absolute atomic E-state index is 12.8. The zero-order chi connectivity index (χ0) is 19.3. The number of hydrogen-bond donors (Lipinski definition) is 0. The molecule has 0 bridgehead atoms. The molecule has 2 aromatic rings. The van der Waals surface area contributed by atoms with Gasteiger partial charge in [0, 0.05) is 5.56 Å². The Balaban J connectivity index is 2.15. The van der Waals surface area contributed by atoms with Crippen LogP contribution in [0.15, 0.2) is 36.4 Å². The Morgan fingerprint density at radius 1 is 0.846 bits per heavy atom. The first-order valence-electron chi connectivity index (χ1n) is 9.09. The molecule has 0 saturated heterocycles. The van der Waals surface area contributed by atoms with E-state index < -0.39 is 7.80 Å². The van der Waals surface area contributed by atoms with Gasteiger partial charge in [-0.2, -0.15) is 0 Å². The van der Waals surface area contributed by atoms with E-state index in [0.717, 1.165) is 40.7 Å². The summed E-state index contributed by atoms with van der Waals surface area (Å²) in [6, 6.07) is 11.5. The van der Waals surface area contributed by atoms with Crippen molar-refractivity contribution in [2.75, 3.05) is 6.16 Å². The van der Waals surface area contributed by atoms with Crippen LogP contribution in [0.5, 0.6) is 0 Å². The van der Waals surface area contributed by atoms with E-state index in [9.17, 15) is 14.2 Å². The van der Waals surface area contributed by atoms with E-state index in [0.29, 0.717) is 5.56 Å². The fraction of sp³-hybridized carbons (Fsp3) is 0.364. The lowest BCUT2D eigenvalue weighted by Gasteiger charge is -2.11. The second-order valence-electron chi connectivity index (χ2n) is 6.51. The van der Waals surface area contributed by atoms with Gasteiger partial charge in [0.25, 0.3) is 0 Å². The molecule has 4 heteroatoms. The molecule has 0 aromatic heterocycles. The molecule has 2 aromatic carbocycles. The van der Waals surface area contributed by atoms with Gasteiger partial charge in [-0.3, -0.25) is 4.79 Å². The first kappa shape index (κ1) is 20.2. The molecule has 0 fully saturated rings. The van der Waals surface area contributed by atoms with E-state index in [1.54, 1.807) is 0 Å². The van der Waals surface area contributed by atoms with E-state index >= 15 is 0 Å². The molecule has 0 heterocycles. The molecule has 0 aliphatic carbocycles. The summed E-state index contributed by atoms with van der Waals surface area (Å²) >= 11 is 0. The average molecular weight is 369 g/mol. The predicted octanol–water partition coefficient (Wildman–Crippen LogP) is 5.67. The molecule has 0 amide bonds. The number of aryl methyl sites for hydroxylation is 4. The van der Waals surface area contributed by atoms with Gasteiger partial charge in [-0.05, 0) is 48.9 Å². The zero-order valence-electron chi connectivity index (χ0n) is 16.0. The van der Waals surface area contributed by atoms with Crippen LogP contribution in [-0.4, -0.2) is 17.5 Å². The molecule has 2 rings (SSSR count). The Morgan fingerprint density at radius 3 is 1.85 bits per heavy atom. The van der Waals surface area contributed by atoms with Crippen LogP contribution in [0.2, 0.25) is 0 Å². The number of carbonyl (C=O) groups excluding carboxylic acids is 2. The molecule has 0 radical (unpaired) electrons. The third kappa shape index (κ3) is 4.34. The fourth-order valence-electron chi connectivity index (χ4n) is 3.31. The monoisotopic (exact) mass is 369 g/mol. The Hall–Kier alpha value is -2.12. The summed E-state index contributed by atoms with van der Waals surface area (Å²) < 4.78 is 12.5. The lowest BCUT2D eigenvalue weighted by Crippen LogP contribution is -2.10. The Morgan fingerprint density at radius 2 is 1.35 bits per heavy atom. The molecule has 0 aliphatic rings. The summed E-state index contributed by atoms with van der Waals surface area (Å²) in [5.74, 6) is -0.0167. The second kappa shape index (κ2) is 9.00. The van der Waals surface area contributed by atoms with Crippen LogP contribution in [-0.2, 0) is 17.4 Å². The number of rotatable bonds is 8. The van der Waals surface area contributed by atoms with E-state index in [1.165, 1.54) is 0 Å². The van der Waals surface area contributed by atoms with Gasteiger partial charge in [0.15, 0.2) is 11.9 Å². The summed E-state index contributed by atoms with van der Waals surface area (Å²) in [6.07, 6.45) is 1.79. The van der Waals surface area contributed by atoms with Crippen molar-refractivity contribution in [1.82, 2.24) is 0 Å². The number of carbonyl (C=O) groups is 2. The van der Waals surface area contributed by atoms with E-state index in [4.69, 9.17) is 0 Å². The molecule has 1 unspecified atom stereocenters. The van der Waals surface area contributed by atoms with Crippen molar-refractivity contribution in [3.8, 4) is 0 Å². The molecule has 0 aliphatic heterocycles. The first-order chi connectivity index (χ1) is 12.4. The van der Waals surface area contributed by atoms with Crippen molar-refractivity contribution < 1.29 is 14.2 Å². The molecule has 0 spiro atoms. The van der Waals surface area contributed by atoms with E-state index in [-0.39, 0.29) is 23.9 Å². The van der Waals surface area contributed by atoms with Gasteiger partial charge in [0.05, 0.1) is 12.0 Å². The largest absolute Gasteiger partial charge is 0.420 e. The van der Waals surface area contributed by atoms with Gasteiger partial charge in [-0.1, -0.05) is 54.8 Å². The van der Waals surface area contributed by atoms with Crippen LogP contribution in [0.3, 0.4) is 0 Å². The van der Waals surface area contributed by atoms with Gasteiger partial charge >= 0.3 is 13.3 Å². The minimum atomic E-state index is -2.11. The second-order valence-corrected chi connectivity index (χ2v) is 8.12. The summed E-state index contributed by atoms with van der Waals surface area (Å²) in [4.78, 5) is 25.3. The highest BCUT2D eigenvalue weighted by molar-refractivity contribution is 7.64. The van der Waals surface area contributed by atoms with Crippen LogP contribution in [0.25, 0.3) is 0 Å². The third-order valence-electron chi connectivity index (χ3n) is 4.74. The van der Waals surface area contributed by atoms with Crippen LogP contribution in [0.1, 0.15) is 63.2 Å². The average Bonchev–Trinajstić information content (AvgIpc) is 2.64. The normalized spacial score (nSPS) is 11.3. The van der Waals surface area contributed by atoms with Crippen molar-refractivity contribution in [2.45, 2.75) is 47.0 Å².